The number of cyclic esters (lactones) is 1. The van der Waals surface area contributed by atoms with Gasteiger partial charge in [0.15, 0.2) is 0 Å². The first-order valence-corrected chi connectivity index (χ1v) is 13.6. The number of carbonyl (C=O) groups excluding carboxylic acids is 5. The maximum absolute atomic E-state index is 13.7. The van der Waals surface area contributed by atoms with Gasteiger partial charge in [-0.3, -0.25) is 29.0 Å². The van der Waals surface area contributed by atoms with Gasteiger partial charge in [-0.15, -0.1) is 0 Å². The summed E-state index contributed by atoms with van der Waals surface area (Å²) in [6.45, 7) is 0.581. The molecule has 4 amide bonds. The largest absolute Gasteiger partial charge is 0.433 e. The lowest BCUT2D eigenvalue weighted by molar-refractivity contribution is -0.177. The highest BCUT2D eigenvalue weighted by Gasteiger charge is 2.46. The minimum absolute atomic E-state index is 0.0542. The third-order valence-corrected chi connectivity index (χ3v) is 7.31. The van der Waals surface area contributed by atoms with Crippen molar-refractivity contribution in [1.29, 1.82) is 0 Å². The Hall–Kier alpha value is -4.25. The van der Waals surface area contributed by atoms with Crippen molar-refractivity contribution in [2.24, 2.45) is 0 Å². The Bertz CT molecular complexity index is 1260. The van der Waals surface area contributed by atoms with E-state index in [-0.39, 0.29) is 31.8 Å². The molecule has 3 fully saturated rings. The molecule has 0 aliphatic carbocycles. The predicted molar refractivity (Wildman–Crippen MR) is 141 cm³/mol. The fraction of sp³-hybridized carbons (Fsp3) is 0.414. The van der Waals surface area contributed by atoms with Gasteiger partial charge in [-0.2, -0.15) is 0 Å². The molecule has 1 unspecified atom stereocenters. The van der Waals surface area contributed by atoms with E-state index in [0.29, 0.717) is 31.4 Å². The van der Waals surface area contributed by atoms with Gasteiger partial charge in [0, 0.05) is 18.5 Å². The molecule has 4 atom stereocenters. The Morgan fingerprint density at radius 3 is 2.42 bits per heavy atom. The maximum atomic E-state index is 13.7. The van der Waals surface area contributed by atoms with Gasteiger partial charge >= 0.3 is 5.97 Å². The topological polar surface area (TPSA) is 134 Å². The number of hydrazine groups is 1. The molecular weight excluding hydrogens is 516 g/mol. The SMILES string of the molecule is O=C1C[C@H](NC(=O)[C@@H]2CCCN3C(=O)CC[C@H](NC(=O)c4ccccc4)C(=O)N23)C(OCCc2ccccc2)O1. The number of hydrogen-bond acceptors (Lipinski definition) is 7. The van der Waals surface area contributed by atoms with Crippen molar-refractivity contribution in [3.63, 3.8) is 0 Å². The summed E-state index contributed by atoms with van der Waals surface area (Å²) in [5.74, 6) is -2.26. The summed E-state index contributed by atoms with van der Waals surface area (Å²) >= 11 is 0. The second-order valence-electron chi connectivity index (χ2n) is 10.1. The van der Waals surface area contributed by atoms with E-state index < -0.39 is 48.1 Å². The smallest absolute Gasteiger partial charge is 0.310 e. The predicted octanol–water partition coefficient (Wildman–Crippen LogP) is 1.33. The molecule has 40 heavy (non-hydrogen) atoms. The van der Waals surface area contributed by atoms with Gasteiger partial charge in [0.2, 0.25) is 18.1 Å². The molecule has 0 saturated carbocycles. The molecule has 2 aromatic rings. The lowest BCUT2D eigenvalue weighted by atomic mass is 10.0. The molecule has 0 bridgehead atoms. The molecule has 0 radical (unpaired) electrons. The van der Waals surface area contributed by atoms with Crippen molar-refractivity contribution in [3.05, 3.63) is 71.8 Å². The lowest BCUT2D eigenvalue weighted by Gasteiger charge is -2.43. The van der Waals surface area contributed by atoms with E-state index in [1.807, 2.05) is 30.3 Å². The zero-order chi connectivity index (χ0) is 28.1. The summed E-state index contributed by atoms with van der Waals surface area (Å²) in [6.07, 6.45) is 0.597. The molecule has 3 saturated heterocycles. The van der Waals surface area contributed by atoms with Gasteiger partial charge in [-0.05, 0) is 43.4 Å². The highest BCUT2D eigenvalue weighted by atomic mass is 16.7. The van der Waals surface area contributed by atoms with Crippen LogP contribution in [-0.2, 0) is 35.1 Å². The average molecular weight is 549 g/mol. The molecule has 5 rings (SSSR count). The third kappa shape index (κ3) is 6.15. The van der Waals surface area contributed by atoms with Crippen LogP contribution in [0.25, 0.3) is 0 Å². The van der Waals surface area contributed by atoms with E-state index in [0.717, 1.165) is 5.56 Å². The molecule has 3 aliphatic rings. The van der Waals surface area contributed by atoms with Crippen LogP contribution in [0.3, 0.4) is 0 Å². The number of nitrogens with one attached hydrogen (secondary N) is 2. The minimum Gasteiger partial charge on any atom is -0.433 e. The normalized spacial score (nSPS) is 24.6. The summed E-state index contributed by atoms with van der Waals surface area (Å²) in [5, 5.41) is 8.06. The second kappa shape index (κ2) is 12.3. The number of carbonyl (C=O) groups is 5. The molecule has 3 aliphatic heterocycles. The third-order valence-electron chi connectivity index (χ3n) is 7.31. The Morgan fingerprint density at radius 2 is 1.68 bits per heavy atom. The second-order valence-corrected chi connectivity index (χ2v) is 10.1. The van der Waals surface area contributed by atoms with E-state index in [1.54, 1.807) is 30.3 Å². The average Bonchev–Trinajstić information content (AvgIpc) is 3.27. The highest BCUT2D eigenvalue weighted by molar-refractivity contribution is 5.99. The fourth-order valence-electron chi connectivity index (χ4n) is 5.26. The molecule has 0 spiro atoms. The Labute approximate surface area is 231 Å². The van der Waals surface area contributed by atoms with Crippen LogP contribution in [0, 0.1) is 0 Å². The van der Waals surface area contributed by atoms with E-state index in [9.17, 15) is 24.0 Å². The Balaban J connectivity index is 1.26. The van der Waals surface area contributed by atoms with Crippen molar-refractivity contribution in [2.75, 3.05) is 13.2 Å². The van der Waals surface area contributed by atoms with E-state index in [4.69, 9.17) is 9.47 Å². The maximum Gasteiger partial charge on any atom is 0.310 e. The fourth-order valence-corrected chi connectivity index (χ4v) is 5.26. The molecule has 11 heteroatoms. The van der Waals surface area contributed by atoms with Crippen LogP contribution in [0.1, 0.15) is 48.0 Å². The number of esters is 1. The van der Waals surface area contributed by atoms with Crippen molar-refractivity contribution in [2.45, 2.75) is 62.9 Å². The highest BCUT2D eigenvalue weighted by Crippen LogP contribution is 2.26. The zero-order valence-corrected chi connectivity index (χ0v) is 22.0. The van der Waals surface area contributed by atoms with E-state index >= 15 is 0 Å². The zero-order valence-electron chi connectivity index (χ0n) is 22.0. The summed E-state index contributed by atoms with van der Waals surface area (Å²) in [5.41, 5.74) is 1.45. The van der Waals surface area contributed by atoms with Crippen molar-refractivity contribution in [3.8, 4) is 0 Å². The van der Waals surface area contributed by atoms with Crippen LogP contribution in [0.4, 0.5) is 0 Å². The monoisotopic (exact) mass is 548 g/mol. The van der Waals surface area contributed by atoms with Gasteiger partial charge < -0.3 is 20.1 Å². The summed E-state index contributed by atoms with van der Waals surface area (Å²) in [6, 6.07) is 15.5. The number of hydrogen-bond donors (Lipinski definition) is 2. The molecule has 2 N–H and O–H groups in total. The van der Waals surface area contributed by atoms with Crippen LogP contribution < -0.4 is 10.6 Å². The van der Waals surface area contributed by atoms with Crippen LogP contribution in [0.5, 0.6) is 0 Å². The summed E-state index contributed by atoms with van der Waals surface area (Å²) in [7, 11) is 0. The first kappa shape index (κ1) is 27.3. The van der Waals surface area contributed by atoms with Crippen LogP contribution in [0.2, 0.25) is 0 Å². The van der Waals surface area contributed by atoms with Crippen LogP contribution in [0.15, 0.2) is 60.7 Å². The van der Waals surface area contributed by atoms with Gasteiger partial charge in [0.05, 0.1) is 13.0 Å². The number of amides is 4. The van der Waals surface area contributed by atoms with Crippen molar-refractivity contribution in [1.82, 2.24) is 20.7 Å². The molecule has 2 aromatic carbocycles. The van der Waals surface area contributed by atoms with E-state index in [1.165, 1.54) is 10.0 Å². The first-order chi connectivity index (χ1) is 19.4. The lowest BCUT2D eigenvalue weighted by Crippen LogP contribution is -2.64. The number of nitrogens with zero attached hydrogens (tertiary/aromatic N) is 2. The van der Waals surface area contributed by atoms with Crippen molar-refractivity contribution < 1.29 is 33.4 Å². The van der Waals surface area contributed by atoms with Gasteiger partial charge in [-0.1, -0.05) is 48.5 Å². The number of benzene rings is 2. The quantitative estimate of drug-likeness (QED) is 0.476. The Kier molecular flexibility index (Phi) is 8.40. The number of fused-ring (bicyclic) bond motifs is 1. The molecular formula is C29H32N4O7. The Morgan fingerprint density at radius 1 is 0.950 bits per heavy atom. The summed E-state index contributed by atoms with van der Waals surface area (Å²) in [4.78, 5) is 65.0. The van der Waals surface area contributed by atoms with Crippen LogP contribution >= 0.6 is 0 Å². The minimum atomic E-state index is -0.986. The van der Waals surface area contributed by atoms with Gasteiger partial charge in [0.25, 0.3) is 11.8 Å². The van der Waals surface area contributed by atoms with Gasteiger partial charge in [0.1, 0.15) is 18.1 Å². The van der Waals surface area contributed by atoms with Crippen LogP contribution in [-0.4, -0.2) is 77.2 Å². The number of rotatable bonds is 8. The molecule has 0 aromatic heterocycles. The number of ether oxygens (including phenoxy) is 2. The standard InChI is InChI=1S/C29H32N4O7/c34-24-14-13-21(30-26(36)20-10-5-2-6-11-20)28(38)33-23(12-7-16-32(24)33)27(37)31-22-18-25(35)40-29(22)39-17-15-19-8-3-1-4-9-19/h1-6,8-11,21-23,29H,7,12-18H2,(H,30,36)(H,31,37)/t21-,22-,23-,29?/m0/s1. The molecule has 11 nitrogen and oxygen atoms in total. The van der Waals surface area contributed by atoms with E-state index in [2.05, 4.69) is 10.6 Å². The van der Waals surface area contributed by atoms with Crippen molar-refractivity contribution >= 4 is 29.6 Å². The molecule has 3 heterocycles. The molecule has 210 valence electrons. The van der Waals surface area contributed by atoms with Gasteiger partial charge in [-0.25, -0.2) is 5.01 Å². The summed E-state index contributed by atoms with van der Waals surface area (Å²) < 4.78 is 11.1. The first-order valence-electron chi connectivity index (χ1n) is 13.6.